The Balaban J connectivity index is 1.71. The molecule has 27 heavy (non-hydrogen) atoms. The summed E-state index contributed by atoms with van der Waals surface area (Å²) in [6.07, 6.45) is 0. The molecule has 132 valence electrons. The summed E-state index contributed by atoms with van der Waals surface area (Å²) in [7, 11) is 2.03. The van der Waals surface area contributed by atoms with Crippen molar-refractivity contribution < 1.29 is 0 Å². The number of hydrazone groups is 1. The molecule has 5 heteroatoms. The second-order valence-electron chi connectivity index (χ2n) is 6.75. The first-order chi connectivity index (χ1) is 13.3. The highest BCUT2D eigenvalue weighted by Crippen LogP contribution is 2.40. The summed E-state index contributed by atoms with van der Waals surface area (Å²) in [4.78, 5) is 0. The maximum atomic E-state index is 4.92. The number of benzene rings is 3. The lowest BCUT2D eigenvalue weighted by molar-refractivity contribution is 0.244. The maximum Gasteiger partial charge on any atom is 0.125 e. The Hall–Kier alpha value is -3.47. The fraction of sp³-hybridized carbons (Fsp3) is 0.136. The van der Waals surface area contributed by atoms with Crippen molar-refractivity contribution in [3.05, 3.63) is 96.1 Å². The molecule has 0 bridgehead atoms. The van der Waals surface area contributed by atoms with Gasteiger partial charge in [-0.25, -0.2) is 4.68 Å². The number of nitrogens with zero attached hydrogens (tertiary/aromatic N) is 5. The van der Waals surface area contributed by atoms with Crippen LogP contribution in [0.25, 0.3) is 11.0 Å². The average molecular weight is 353 g/mol. The Labute approximate surface area is 157 Å². The zero-order valence-corrected chi connectivity index (χ0v) is 15.0. The average Bonchev–Trinajstić information content (AvgIpc) is 3.30. The van der Waals surface area contributed by atoms with Crippen molar-refractivity contribution in [3.8, 4) is 0 Å². The highest BCUT2D eigenvalue weighted by molar-refractivity contribution is 6.05. The molecular formula is C22H19N5. The molecule has 0 spiro atoms. The predicted molar refractivity (Wildman–Crippen MR) is 106 cm³/mol. The largest absolute Gasteiger partial charge is 0.290 e. The van der Waals surface area contributed by atoms with Crippen LogP contribution in [0.15, 0.2) is 90.0 Å². The molecule has 0 amide bonds. The van der Waals surface area contributed by atoms with Gasteiger partial charge in [0.15, 0.2) is 0 Å². The van der Waals surface area contributed by atoms with Gasteiger partial charge in [0, 0.05) is 12.6 Å². The van der Waals surface area contributed by atoms with Gasteiger partial charge in [-0.2, -0.15) is 5.10 Å². The molecule has 0 fully saturated rings. The Kier molecular flexibility index (Phi) is 3.71. The van der Waals surface area contributed by atoms with E-state index >= 15 is 0 Å². The fourth-order valence-electron chi connectivity index (χ4n) is 3.87. The van der Waals surface area contributed by atoms with Crippen molar-refractivity contribution in [2.24, 2.45) is 5.10 Å². The van der Waals surface area contributed by atoms with Gasteiger partial charge in [0.2, 0.25) is 0 Å². The standard InChI is InChI=1S/C22H19N5/c1-26-21(17-12-6-3-7-13-17)22(20(24-26)16-10-4-2-5-11-16)27-19-15-9-8-14-18(19)23-25-27/h2-15,21-22H,1H3. The first-order valence-electron chi connectivity index (χ1n) is 9.04. The monoisotopic (exact) mass is 353 g/mol. The second-order valence-corrected chi connectivity index (χ2v) is 6.75. The van der Waals surface area contributed by atoms with Crippen LogP contribution in [0.5, 0.6) is 0 Å². The van der Waals surface area contributed by atoms with Crippen LogP contribution >= 0.6 is 0 Å². The summed E-state index contributed by atoms with van der Waals surface area (Å²) in [5.74, 6) is 0. The molecule has 5 nitrogen and oxygen atoms in total. The van der Waals surface area contributed by atoms with E-state index in [4.69, 9.17) is 5.10 Å². The third kappa shape index (κ3) is 2.59. The van der Waals surface area contributed by atoms with Gasteiger partial charge >= 0.3 is 0 Å². The summed E-state index contributed by atoms with van der Waals surface area (Å²) in [6.45, 7) is 0. The minimum atomic E-state index is -0.0628. The maximum absolute atomic E-state index is 4.92. The zero-order valence-electron chi connectivity index (χ0n) is 15.0. The highest BCUT2D eigenvalue weighted by atomic mass is 15.5. The number of hydrogen-bond donors (Lipinski definition) is 0. The summed E-state index contributed by atoms with van der Waals surface area (Å²) >= 11 is 0. The predicted octanol–water partition coefficient (Wildman–Crippen LogP) is 4.06. The third-order valence-corrected chi connectivity index (χ3v) is 5.10. The van der Waals surface area contributed by atoms with Crippen LogP contribution in [-0.2, 0) is 0 Å². The Bertz CT molecular complexity index is 1100. The molecule has 5 rings (SSSR count). The first-order valence-corrected chi connectivity index (χ1v) is 9.04. The van der Waals surface area contributed by atoms with E-state index in [-0.39, 0.29) is 12.1 Å². The Morgan fingerprint density at radius 3 is 2.19 bits per heavy atom. The number of aromatic nitrogens is 3. The van der Waals surface area contributed by atoms with E-state index in [1.807, 2.05) is 59.2 Å². The van der Waals surface area contributed by atoms with Gasteiger partial charge in [-0.05, 0) is 17.7 Å². The quantitative estimate of drug-likeness (QED) is 0.558. The SMILES string of the molecule is CN1N=C(c2ccccc2)C(n2nnc3ccccc32)C1c1ccccc1. The number of fused-ring (bicyclic) bond motifs is 1. The van der Waals surface area contributed by atoms with Gasteiger partial charge in [-0.15, -0.1) is 5.10 Å². The number of para-hydroxylation sites is 1. The van der Waals surface area contributed by atoms with Crippen molar-refractivity contribution in [1.29, 1.82) is 0 Å². The lowest BCUT2D eigenvalue weighted by Gasteiger charge is -2.26. The molecule has 2 heterocycles. The van der Waals surface area contributed by atoms with Crippen molar-refractivity contribution in [1.82, 2.24) is 20.0 Å². The molecule has 3 aromatic carbocycles. The van der Waals surface area contributed by atoms with Crippen LogP contribution < -0.4 is 0 Å². The molecule has 1 aromatic heterocycles. The fourth-order valence-corrected chi connectivity index (χ4v) is 3.87. The minimum Gasteiger partial charge on any atom is -0.290 e. The van der Waals surface area contributed by atoms with Gasteiger partial charge in [0.05, 0.1) is 17.3 Å². The van der Waals surface area contributed by atoms with E-state index in [9.17, 15) is 0 Å². The van der Waals surface area contributed by atoms with Crippen LogP contribution in [0.2, 0.25) is 0 Å². The molecule has 1 aliphatic heterocycles. The van der Waals surface area contributed by atoms with E-state index < -0.39 is 0 Å². The summed E-state index contributed by atoms with van der Waals surface area (Å²) in [5, 5.41) is 15.9. The molecule has 0 saturated heterocycles. The minimum absolute atomic E-state index is 0.0477. The van der Waals surface area contributed by atoms with Crippen LogP contribution in [-0.4, -0.2) is 32.8 Å². The van der Waals surface area contributed by atoms with Gasteiger partial charge in [0.1, 0.15) is 11.6 Å². The van der Waals surface area contributed by atoms with Gasteiger partial charge in [-0.1, -0.05) is 78.0 Å². The number of hydrogen-bond acceptors (Lipinski definition) is 4. The Morgan fingerprint density at radius 2 is 1.41 bits per heavy atom. The highest BCUT2D eigenvalue weighted by Gasteiger charge is 2.40. The normalized spacial score (nSPS) is 19.4. The van der Waals surface area contributed by atoms with E-state index in [0.29, 0.717) is 0 Å². The molecule has 4 aromatic rings. The van der Waals surface area contributed by atoms with Gasteiger partial charge in [-0.3, -0.25) is 5.01 Å². The van der Waals surface area contributed by atoms with E-state index in [0.717, 1.165) is 22.3 Å². The van der Waals surface area contributed by atoms with Crippen LogP contribution in [0, 0.1) is 0 Å². The Morgan fingerprint density at radius 1 is 0.741 bits per heavy atom. The molecule has 1 aliphatic rings. The van der Waals surface area contributed by atoms with Crippen LogP contribution in [0.3, 0.4) is 0 Å². The van der Waals surface area contributed by atoms with E-state index in [1.165, 1.54) is 5.56 Å². The molecule has 0 saturated carbocycles. The van der Waals surface area contributed by atoms with E-state index in [1.54, 1.807) is 0 Å². The first kappa shape index (κ1) is 15.8. The molecule has 0 N–H and O–H groups in total. The van der Waals surface area contributed by atoms with Crippen molar-refractivity contribution in [3.63, 3.8) is 0 Å². The summed E-state index contributed by atoms with van der Waals surface area (Å²) < 4.78 is 2.02. The number of rotatable bonds is 3. The lowest BCUT2D eigenvalue weighted by Crippen LogP contribution is -2.27. The molecular weight excluding hydrogens is 334 g/mol. The smallest absolute Gasteiger partial charge is 0.125 e. The zero-order chi connectivity index (χ0) is 18.2. The van der Waals surface area contributed by atoms with Crippen molar-refractivity contribution >= 4 is 16.7 Å². The third-order valence-electron chi connectivity index (χ3n) is 5.10. The summed E-state index contributed by atoms with van der Waals surface area (Å²) in [6, 6.07) is 28.9. The molecule has 0 radical (unpaired) electrons. The molecule has 0 aliphatic carbocycles. The van der Waals surface area contributed by atoms with Gasteiger partial charge < -0.3 is 0 Å². The van der Waals surface area contributed by atoms with Gasteiger partial charge in [0.25, 0.3) is 0 Å². The second kappa shape index (κ2) is 6.36. The van der Waals surface area contributed by atoms with Crippen LogP contribution in [0.1, 0.15) is 23.2 Å². The lowest BCUT2D eigenvalue weighted by atomic mass is 9.93. The van der Waals surface area contributed by atoms with Crippen molar-refractivity contribution in [2.45, 2.75) is 12.1 Å². The number of likely N-dealkylation sites (N-methyl/N-ethyl adjacent to an activating group) is 1. The van der Waals surface area contributed by atoms with E-state index in [2.05, 4.69) is 52.8 Å². The molecule has 2 atom stereocenters. The topological polar surface area (TPSA) is 46.3 Å². The van der Waals surface area contributed by atoms with Crippen LogP contribution in [0.4, 0.5) is 0 Å². The van der Waals surface area contributed by atoms with Crippen molar-refractivity contribution in [2.75, 3.05) is 7.05 Å². The molecule has 2 unspecified atom stereocenters. The summed E-state index contributed by atoms with van der Waals surface area (Å²) in [5.41, 5.74) is 5.22.